The summed E-state index contributed by atoms with van der Waals surface area (Å²) < 4.78 is 47.4. The van der Waals surface area contributed by atoms with Crippen LogP contribution in [0, 0.1) is 0 Å². The van der Waals surface area contributed by atoms with Gasteiger partial charge in [0.15, 0.2) is 0 Å². The van der Waals surface area contributed by atoms with Crippen LogP contribution in [-0.2, 0) is 11.2 Å². The largest absolute Gasteiger partial charge is 0.414 e. The molecule has 5 rings (SSSR count). The van der Waals surface area contributed by atoms with Gasteiger partial charge in [0.25, 0.3) is 0 Å². The number of nitrogens with one attached hydrogen (secondary N) is 1. The van der Waals surface area contributed by atoms with Crippen LogP contribution in [0.4, 0.5) is 24.8 Å². The Labute approximate surface area is 200 Å². The third-order valence-electron chi connectivity index (χ3n) is 6.15. The highest BCUT2D eigenvalue weighted by atomic mass is 19.3. The number of aliphatic imine (C=N–C) groups is 1. The Kier molecular flexibility index (Phi) is 6.14. The topological polar surface area (TPSA) is 84.1 Å². The maximum absolute atomic E-state index is 14.7. The van der Waals surface area contributed by atoms with Gasteiger partial charge in [0.2, 0.25) is 17.7 Å². The number of halogens is 3. The Bertz CT molecular complexity index is 1330. The Morgan fingerprint density at radius 1 is 1.31 bits per heavy atom. The zero-order chi connectivity index (χ0) is 24.5. The van der Waals surface area contributed by atoms with Crippen LogP contribution in [0.25, 0.3) is 16.6 Å². The molecular weight excluding hydrogens is 461 g/mol. The number of anilines is 1. The van der Waals surface area contributed by atoms with Gasteiger partial charge >= 0.3 is 6.61 Å². The summed E-state index contributed by atoms with van der Waals surface area (Å²) in [5.74, 6) is -0.556. The monoisotopic (exact) mass is 486 g/mol. The minimum atomic E-state index is -3.11. The number of amides is 1. The van der Waals surface area contributed by atoms with Gasteiger partial charge in [0.1, 0.15) is 11.7 Å². The fourth-order valence-corrected chi connectivity index (χ4v) is 4.39. The average molecular weight is 486 g/mol. The predicted molar refractivity (Wildman–Crippen MR) is 127 cm³/mol. The Hall–Kier alpha value is -3.89. The minimum absolute atomic E-state index is 0. The third-order valence-corrected chi connectivity index (χ3v) is 6.15. The lowest BCUT2D eigenvalue weighted by Gasteiger charge is -2.34. The summed E-state index contributed by atoms with van der Waals surface area (Å²) in [6.07, 6.45) is 6.86. The molecule has 2 atom stereocenters. The number of ether oxygens (including phenoxy) is 1. The van der Waals surface area contributed by atoms with Crippen molar-refractivity contribution in [3.05, 3.63) is 48.2 Å². The number of fused-ring (bicyclic) bond motifs is 2. The minimum Gasteiger partial charge on any atom is -0.414 e. The van der Waals surface area contributed by atoms with Gasteiger partial charge in [-0.3, -0.25) is 9.79 Å². The summed E-state index contributed by atoms with van der Waals surface area (Å²) >= 11 is 0. The van der Waals surface area contributed by atoms with Crippen molar-refractivity contribution >= 4 is 29.3 Å². The van der Waals surface area contributed by atoms with Crippen molar-refractivity contribution in [3.8, 4) is 17.0 Å². The first-order valence-corrected chi connectivity index (χ1v) is 11.2. The van der Waals surface area contributed by atoms with Crippen LogP contribution in [-0.4, -0.2) is 63.5 Å². The summed E-state index contributed by atoms with van der Waals surface area (Å²) in [4.78, 5) is 21.5. The molecule has 0 bridgehead atoms. The molecule has 3 aromatic rings. The van der Waals surface area contributed by atoms with Gasteiger partial charge in [0.05, 0.1) is 18.3 Å². The first kappa shape index (κ1) is 22.9. The summed E-state index contributed by atoms with van der Waals surface area (Å²) in [6.45, 7) is -1.39. The first-order chi connectivity index (χ1) is 16.9. The number of nitrogens with zero attached hydrogens (tertiary/aromatic N) is 5. The quantitative estimate of drug-likeness (QED) is 0.577. The second-order valence-electron chi connectivity index (χ2n) is 8.42. The number of likely N-dealkylation sites (tertiary alicyclic amines) is 1. The number of rotatable bonds is 5. The lowest BCUT2D eigenvalue weighted by atomic mass is 10.0. The standard InChI is InChI=1S/C24H23F3N6O2.H2/c1-14(34)32-10-8-20(18(25)13-32)29-24-30-22(35-23(26)27)21-17(7-11-33(21)31-24)15-5-6-19-16(12-15)4-2-3-9-28-19;/h2-3,5-7,9,11-12,18,20,23H,4,8,10,13H2,1H3,(H,29,31);1H/t18-,20+;/m1./s1. The molecule has 1 aromatic carbocycles. The van der Waals surface area contributed by atoms with E-state index < -0.39 is 18.8 Å². The van der Waals surface area contributed by atoms with Crippen LogP contribution < -0.4 is 10.1 Å². The van der Waals surface area contributed by atoms with Gasteiger partial charge in [0, 0.05) is 32.9 Å². The number of hydrogen-bond acceptors (Lipinski definition) is 6. The molecule has 0 aliphatic carbocycles. The maximum atomic E-state index is 14.7. The van der Waals surface area contributed by atoms with Crippen molar-refractivity contribution in [1.82, 2.24) is 19.5 Å². The fraction of sp³-hybridized carbons (Fsp3) is 0.333. The van der Waals surface area contributed by atoms with Crippen LogP contribution in [0.15, 0.2) is 47.6 Å². The predicted octanol–water partition coefficient (Wildman–Crippen LogP) is 4.43. The number of allylic oxidation sites excluding steroid dienone is 2. The van der Waals surface area contributed by atoms with E-state index in [1.807, 2.05) is 30.4 Å². The lowest BCUT2D eigenvalue weighted by Crippen LogP contribution is -2.49. The number of aromatic nitrogens is 3. The van der Waals surface area contributed by atoms with E-state index in [4.69, 9.17) is 4.74 Å². The van der Waals surface area contributed by atoms with Gasteiger partial charge < -0.3 is 15.0 Å². The van der Waals surface area contributed by atoms with Crippen molar-refractivity contribution < 1.29 is 24.1 Å². The average Bonchev–Trinajstić information content (AvgIpc) is 3.10. The Balaban J connectivity index is 0.00000304. The van der Waals surface area contributed by atoms with Crippen LogP contribution in [0.3, 0.4) is 0 Å². The van der Waals surface area contributed by atoms with E-state index in [0.29, 0.717) is 24.9 Å². The highest BCUT2D eigenvalue weighted by Gasteiger charge is 2.31. The zero-order valence-electron chi connectivity index (χ0n) is 18.9. The first-order valence-electron chi connectivity index (χ1n) is 11.2. The van der Waals surface area contributed by atoms with Gasteiger partial charge in [-0.25, -0.2) is 8.91 Å². The fourth-order valence-electron chi connectivity index (χ4n) is 4.39. The third kappa shape index (κ3) is 4.71. The van der Waals surface area contributed by atoms with E-state index in [9.17, 15) is 18.0 Å². The van der Waals surface area contributed by atoms with E-state index in [0.717, 1.165) is 16.8 Å². The molecule has 184 valence electrons. The molecule has 2 aliphatic heterocycles. The van der Waals surface area contributed by atoms with Crippen molar-refractivity contribution in [2.24, 2.45) is 4.99 Å². The highest BCUT2D eigenvalue weighted by Crippen LogP contribution is 2.35. The van der Waals surface area contributed by atoms with Crippen molar-refractivity contribution in [3.63, 3.8) is 0 Å². The molecule has 11 heteroatoms. The molecule has 1 amide bonds. The van der Waals surface area contributed by atoms with Gasteiger partial charge in [-0.2, -0.15) is 13.8 Å². The van der Waals surface area contributed by atoms with Gasteiger partial charge in [-0.1, -0.05) is 12.1 Å². The molecule has 1 saturated heterocycles. The van der Waals surface area contributed by atoms with Crippen LogP contribution in [0.2, 0.25) is 0 Å². The van der Waals surface area contributed by atoms with Crippen LogP contribution in [0.1, 0.15) is 20.3 Å². The summed E-state index contributed by atoms with van der Waals surface area (Å²) in [5, 5.41) is 7.25. The molecule has 1 fully saturated rings. The number of carbonyl (C=O) groups excluding carboxylic acids is 1. The van der Waals surface area contributed by atoms with Crippen molar-refractivity contribution in [1.29, 1.82) is 0 Å². The maximum Gasteiger partial charge on any atom is 0.388 e. The zero-order valence-corrected chi connectivity index (χ0v) is 18.9. The van der Waals surface area contributed by atoms with Crippen LogP contribution in [0.5, 0.6) is 5.88 Å². The molecule has 0 radical (unpaired) electrons. The van der Waals surface area contributed by atoms with E-state index in [2.05, 4.69) is 20.4 Å². The summed E-state index contributed by atoms with van der Waals surface area (Å²) in [5.41, 5.74) is 3.50. The number of benzene rings is 1. The smallest absolute Gasteiger partial charge is 0.388 e. The Morgan fingerprint density at radius 2 is 2.17 bits per heavy atom. The molecule has 1 N–H and O–H groups in total. The lowest BCUT2D eigenvalue weighted by molar-refractivity contribution is -0.131. The normalized spacial score (nSPS) is 19.6. The number of carbonyl (C=O) groups is 1. The molecule has 0 spiro atoms. The summed E-state index contributed by atoms with van der Waals surface area (Å²) in [7, 11) is 0. The molecule has 0 unspecified atom stereocenters. The molecular formula is C24H25F3N6O2. The number of hydrogen-bond donors (Lipinski definition) is 1. The number of alkyl halides is 3. The van der Waals surface area contributed by atoms with Crippen molar-refractivity contribution in [2.75, 3.05) is 18.4 Å². The van der Waals surface area contributed by atoms with Gasteiger partial charge in [-0.05, 0) is 48.2 Å². The van der Waals surface area contributed by atoms with E-state index in [1.54, 1.807) is 18.5 Å². The van der Waals surface area contributed by atoms with E-state index in [1.165, 1.54) is 16.3 Å². The molecule has 2 aromatic heterocycles. The summed E-state index contributed by atoms with van der Waals surface area (Å²) in [6, 6.07) is 6.75. The highest BCUT2D eigenvalue weighted by molar-refractivity contribution is 5.86. The van der Waals surface area contributed by atoms with Crippen LogP contribution >= 0.6 is 0 Å². The van der Waals surface area contributed by atoms with E-state index in [-0.39, 0.29) is 31.2 Å². The van der Waals surface area contributed by atoms with Gasteiger partial charge in [-0.15, -0.1) is 5.10 Å². The Morgan fingerprint density at radius 3 is 2.94 bits per heavy atom. The second kappa shape index (κ2) is 9.40. The number of piperidine rings is 1. The SMILES string of the molecule is CC(=O)N1CC[C@H](Nc2nc(OC(F)F)c3c(-c4ccc5c(c4)CC=CC=N5)ccn3n2)[C@H](F)C1.[HH]. The molecule has 0 saturated carbocycles. The second-order valence-corrected chi connectivity index (χ2v) is 8.42. The molecule has 35 heavy (non-hydrogen) atoms. The molecule has 4 heterocycles. The molecule has 8 nitrogen and oxygen atoms in total. The van der Waals surface area contributed by atoms with E-state index >= 15 is 0 Å². The molecule has 2 aliphatic rings. The van der Waals surface area contributed by atoms with Crippen molar-refractivity contribution in [2.45, 2.75) is 38.6 Å².